The largest absolute Gasteiger partial charge is 0.292 e. The van der Waals surface area contributed by atoms with Crippen LogP contribution in [0.5, 0.6) is 0 Å². The Bertz CT molecular complexity index is 709. The molecule has 5 heteroatoms. The van der Waals surface area contributed by atoms with E-state index in [-0.39, 0.29) is 15.6 Å². The van der Waals surface area contributed by atoms with Crippen LogP contribution in [0.2, 0.25) is 0 Å². The molecule has 1 unspecified atom stereocenters. The van der Waals surface area contributed by atoms with Crippen molar-refractivity contribution < 1.29 is 13.6 Å². The lowest BCUT2D eigenvalue weighted by Crippen LogP contribution is -2.13. The molecule has 0 bridgehead atoms. The highest BCUT2D eigenvalue weighted by atomic mass is 79.9. The standard InChI is InChI=1S/C15H8BrF2NO/c16-13-6-2-5-11(14(13)18)15(20)12(8-19)9-3-1-4-10(17)7-9/h1-7,12H. The molecule has 0 aliphatic carbocycles. The zero-order valence-corrected chi connectivity index (χ0v) is 11.7. The smallest absolute Gasteiger partial charge is 0.187 e. The summed E-state index contributed by atoms with van der Waals surface area (Å²) in [5.74, 6) is -3.22. The lowest BCUT2D eigenvalue weighted by molar-refractivity contribution is 0.0975. The van der Waals surface area contributed by atoms with E-state index in [1.54, 1.807) is 6.07 Å². The van der Waals surface area contributed by atoms with E-state index >= 15 is 0 Å². The average molecular weight is 336 g/mol. The molecule has 0 aromatic heterocycles. The molecule has 2 rings (SSSR count). The summed E-state index contributed by atoms with van der Waals surface area (Å²) in [5.41, 5.74) is 0.00654. The predicted octanol–water partition coefficient (Wildman–Crippen LogP) is 4.22. The Labute approximate surface area is 122 Å². The van der Waals surface area contributed by atoms with Crippen molar-refractivity contribution in [3.8, 4) is 6.07 Å². The summed E-state index contributed by atoms with van der Waals surface area (Å²) in [6.07, 6.45) is 0. The van der Waals surface area contributed by atoms with Gasteiger partial charge >= 0.3 is 0 Å². The summed E-state index contributed by atoms with van der Waals surface area (Å²) in [7, 11) is 0. The molecule has 0 radical (unpaired) electrons. The highest BCUT2D eigenvalue weighted by molar-refractivity contribution is 9.10. The minimum atomic E-state index is -1.24. The predicted molar refractivity (Wildman–Crippen MR) is 73.2 cm³/mol. The summed E-state index contributed by atoms with van der Waals surface area (Å²) in [4.78, 5) is 12.3. The molecule has 0 saturated carbocycles. The van der Waals surface area contributed by atoms with E-state index in [4.69, 9.17) is 5.26 Å². The Balaban J connectivity index is 2.45. The van der Waals surface area contributed by atoms with Crippen LogP contribution in [-0.2, 0) is 0 Å². The van der Waals surface area contributed by atoms with Crippen molar-refractivity contribution in [2.75, 3.05) is 0 Å². The van der Waals surface area contributed by atoms with Crippen molar-refractivity contribution in [1.29, 1.82) is 5.26 Å². The maximum absolute atomic E-state index is 13.9. The van der Waals surface area contributed by atoms with E-state index in [0.29, 0.717) is 0 Å². The van der Waals surface area contributed by atoms with Crippen LogP contribution in [0.15, 0.2) is 46.9 Å². The minimum absolute atomic E-state index is 0.138. The monoisotopic (exact) mass is 335 g/mol. The molecule has 0 saturated heterocycles. The van der Waals surface area contributed by atoms with Gasteiger partial charge in [-0.1, -0.05) is 18.2 Å². The van der Waals surface area contributed by atoms with Gasteiger partial charge in [-0.3, -0.25) is 4.79 Å². The van der Waals surface area contributed by atoms with Gasteiger partial charge in [0, 0.05) is 0 Å². The molecule has 2 aromatic carbocycles. The molecule has 0 fully saturated rings. The molecule has 0 spiro atoms. The topological polar surface area (TPSA) is 40.9 Å². The molecule has 0 amide bonds. The van der Waals surface area contributed by atoms with Gasteiger partial charge in [0.1, 0.15) is 17.6 Å². The summed E-state index contributed by atoms with van der Waals surface area (Å²) in [5, 5.41) is 9.13. The van der Waals surface area contributed by atoms with Gasteiger partial charge in [-0.15, -0.1) is 0 Å². The lowest BCUT2D eigenvalue weighted by atomic mass is 9.91. The van der Waals surface area contributed by atoms with Crippen LogP contribution in [0.1, 0.15) is 21.8 Å². The second kappa shape index (κ2) is 5.93. The van der Waals surface area contributed by atoms with Crippen LogP contribution in [-0.4, -0.2) is 5.78 Å². The van der Waals surface area contributed by atoms with Gasteiger partial charge < -0.3 is 0 Å². The number of ketones is 1. The average Bonchev–Trinajstić information content (AvgIpc) is 2.42. The molecule has 20 heavy (non-hydrogen) atoms. The van der Waals surface area contributed by atoms with Crippen molar-refractivity contribution in [1.82, 2.24) is 0 Å². The van der Waals surface area contributed by atoms with Gasteiger partial charge in [-0.25, -0.2) is 8.78 Å². The maximum Gasteiger partial charge on any atom is 0.187 e. The van der Waals surface area contributed by atoms with E-state index in [9.17, 15) is 13.6 Å². The molecular weight excluding hydrogens is 328 g/mol. The van der Waals surface area contributed by atoms with E-state index < -0.39 is 23.3 Å². The van der Waals surface area contributed by atoms with Crippen molar-refractivity contribution >= 4 is 21.7 Å². The first-order valence-corrected chi connectivity index (χ1v) is 6.47. The van der Waals surface area contributed by atoms with Crippen LogP contribution >= 0.6 is 15.9 Å². The van der Waals surface area contributed by atoms with Crippen molar-refractivity contribution in [3.63, 3.8) is 0 Å². The fraction of sp³-hybridized carbons (Fsp3) is 0.0667. The summed E-state index contributed by atoms with van der Waals surface area (Å²) >= 11 is 2.98. The SMILES string of the molecule is N#CC(C(=O)c1cccc(Br)c1F)c1cccc(F)c1. The minimum Gasteiger partial charge on any atom is -0.292 e. The number of hydrogen-bond acceptors (Lipinski definition) is 2. The summed E-state index contributed by atoms with van der Waals surface area (Å²) < 4.78 is 27.2. The van der Waals surface area contributed by atoms with Gasteiger partial charge in [0.25, 0.3) is 0 Å². The van der Waals surface area contributed by atoms with Gasteiger partial charge in [-0.2, -0.15) is 5.26 Å². The number of carbonyl (C=O) groups excluding carboxylic acids is 1. The normalized spacial score (nSPS) is 11.7. The molecule has 1 atom stereocenters. The van der Waals surface area contributed by atoms with Crippen LogP contribution in [0.25, 0.3) is 0 Å². The quantitative estimate of drug-likeness (QED) is 0.788. The molecule has 2 aromatic rings. The number of hydrogen-bond donors (Lipinski definition) is 0. The highest BCUT2D eigenvalue weighted by Gasteiger charge is 2.25. The van der Waals surface area contributed by atoms with Crippen LogP contribution < -0.4 is 0 Å². The number of halogens is 3. The Morgan fingerprint density at radius 2 is 1.90 bits per heavy atom. The first-order chi connectivity index (χ1) is 9.54. The third-order valence-corrected chi connectivity index (χ3v) is 3.40. The van der Waals surface area contributed by atoms with E-state index in [2.05, 4.69) is 15.9 Å². The van der Waals surface area contributed by atoms with Gasteiger partial charge in [-0.05, 0) is 45.8 Å². The third-order valence-electron chi connectivity index (χ3n) is 2.79. The van der Waals surface area contributed by atoms with Crippen molar-refractivity contribution in [2.45, 2.75) is 5.92 Å². The zero-order chi connectivity index (χ0) is 14.7. The maximum atomic E-state index is 13.9. The van der Waals surface area contributed by atoms with E-state index in [1.807, 2.05) is 0 Å². The van der Waals surface area contributed by atoms with E-state index in [0.717, 1.165) is 6.07 Å². The highest BCUT2D eigenvalue weighted by Crippen LogP contribution is 2.25. The second-order valence-corrected chi connectivity index (χ2v) is 4.94. The number of carbonyl (C=O) groups is 1. The Morgan fingerprint density at radius 3 is 2.55 bits per heavy atom. The molecular formula is C15H8BrF2NO. The fourth-order valence-electron chi connectivity index (χ4n) is 1.82. The zero-order valence-electron chi connectivity index (χ0n) is 10.1. The molecule has 0 N–H and O–H groups in total. The molecule has 100 valence electrons. The number of Topliss-reactive ketones (excluding diaryl/α,β-unsaturated/α-hetero) is 1. The van der Waals surface area contributed by atoms with Crippen LogP contribution in [0, 0.1) is 23.0 Å². The molecule has 0 aliphatic heterocycles. The fourth-order valence-corrected chi connectivity index (χ4v) is 2.19. The Kier molecular flexibility index (Phi) is 4.26. The molecule has 0 heterocycles. The van der Waals surface area contributed by atoms with Gasteiger partial charge in [0.2, 0.25) is 0 Å². The summed E-state index contributed by atoms with van der Waals surface area (Å²) in [6, 6.07) is 11.2. The number of nitrogens with zero attached hydrogens (tertiary/aromatic N) is 1. The van der Waals surface area contributed by atoms with Gasteiger partial charge in [0.15, 0.2) is 5.78 Å². The second-order valence-electron chi connectivity index (χ2n) is 4.08. The van der Waals surface area contributed by atoms with Crippen molar-refractivity contribution in [3.05, 3.63) is 69.7 Å². The van der Waals surface area contributed by atoms with Gasteiger partial charge in [0.05, 0.1) is 16.1 Å². The molecule has 0 aliphatic rings. The van der Waals surface area contributed by atoms with Crippen molar-refractivity contribution in [2.24, 2.45) is 0 Å². The van der Waals surface area contributed by atoms with Crippen LogP contribution in [0.4, 0.5) is 8.78 Å². The van der Waals surface area contributed by atoms with E-state index in [1.165, 1.54) is 36.4 Å². The third kappa shape index (κ3) is 2.75. The Morgan fingerprint density at radius 1 is 1.20 bits per heavy atom. The number of rotatable bonds is 3. The first-order valence-electron chi connectivity index (χ1n) is 5.68. The molecule has 2 nitrogen and oxygen atoms in total. The first kappa shape index (κ1) is 14.4. The van der Waals surface area contributed by atoms with Crippen LogP contribution in [0.3, 0.4) is 0 Å². The number of nitriles is 1. The lowest BCUT2D eigenvalue weighted by Gasteiger charge is -2.10. The number of benzene rings is 2. The summed E-state index contributed by atoms with van der Waals surface area (Å²) in [6.45, 7) is 0. The Hall–Kier alpha value is -2.06.